The molecule has 1 aromatic heterocycles. The molecule has 1 atom stereocenters. The van der Waals surface area contributed by atoms with Crippen LogP contribution in [0.1, 0.15) is 17.4 Å². The first-order chi connectivity index (χ1) is 10.6. The van der Waals surface area contributed by atoms with Crippen molar-refractivity contribution in [1.29, 1.82) is 0 Å². The van der Waals surface area contributed by atoms with Crippen molar-refractivity contribution >= 4 is 29.1 Å². The van der Waals surface area contributed by atoms with Gasteiger partial charge in [0.2, 0.25) is 12.3 Å². The number of benzene rings is 1. The molecule has 8 heteroatoms. The zero-order valence-electron chi connectivity index (χ0n) is 11.5. The van der Waals surface area contributed by atoms with Crippen LogP contribution >= 0.6 is 23.2 Å². The van der Waals surface area contributed by atoms with E-state index < -0.39 is 0 Å². The van der Waals surface area contributed by atoms with Crippen LogP contribution in [0, 0.1) is 0 Å². The lowest BCUT2D eigenvalue weighted by molar-refractivity contribution is -0.139. The van der Waals surface area contributed by atoms with Crippen molar-refractivity contribution < 1.29 is 14.1 Å². The van der Waals surface area contributed by atoms with Crippen molar-refractivity contribution in [2.45, 2.75) is 12.5 Å². The van der Waals surface area contributed by atoms with Crippen molar-refractivity contribution in [2.24, 2.45) is 0 Å². The van der Waals surface area contributed by atoms with Crippen molar-refractivity contribution in [3.63, 3.8) is 0 Å². The highest BCUT2D eigenvalue weighted by atomic mass is 35.5. The number of ether oxygens (including phenoxy) is 1. The molecule has 3 rings (SSSR count). The Morgan fingerprint density at radius 2 is 2.27 bits per heavy atom. The van der Waals surface area contributed by atoms with E-state index in [0.717, 1.165) is 5.56 Å². The summed E-state index contributed by atoms with van der Waals surface area (Å²) < 4.78 is 10.2. The second-order valence-corrected chi connectivity index (χ2v) is 5.72. The standard InChI is InChI=1S/C14H13Cl2N3O3/c15-10-2-1-9(11(16)6-10)5-13(20)19-3-4-21-7-12(19)14-17-8-22-18-14/h1-2,6,8,12H,3-5,7H2. The third-order valence-corrected chi connectivity index (χ3v) is 4.07. The fourth-order valence-electron chi connectivity index (χ4n) is 2.37. The number of hydrogen-bond donors (Lipinski definition) is 0. The molecule has 0 aliphatic carbocycles. The van der Waals surface area contributed by atoms with Crippen molar-refractivity contribution in [3.05, 3.63) is 46.0 Å². The number of hydrogen-bond acceptors (Lipinski definition) is 5. The number of rotatable bonds is 3. The van der Waals surface area contributed by atoms with E-state index in [4.69, 9.17) is 32.5 Å². The van der Waals surface area contributed by atoms with Crippen LogP contribution in [0.4, 0.5) is 0 Å². The molecule has 116 valence electrons. The summed E-state index contributed by atoms with van der Waals surface area (Å²) in [6.07, 6.45) is 1.42. The highest BCUT2D eigenvalue weighted by Gasteiger charge is 2.31. The Labute approximate surface area is 136 Å². The van der Waals surface area contributed by atoms with E-state index >= 15 is 0 Å². The Hall–Kier alpha value is -1.63. The van der Waals surface area contributed by atoms with E-state index in [1.807, 2.05) is 0 Å². The Bertz CT molecular complexity index is 663. The van der Waals surface area contributed by atoms with Gasteiger partial charge in [-0.15, -0.1) is 0 Å². The summed E-state index contributed by atoms with van der Waals surface area (Å²) >= 11 is 12.0. The molecule has 0 radical (unpaired) electrons. The maximum absolute atomic E-state index is 12.6. The van der Waals surface area contributed by atoms with Gasteiger partial charge >= 0.3 is 0 Å². The van der Waals surface area contributed by atoms with Gasteiger partial charge in [-0.3, -0.25) is 4.79 Å². The molecule has 1 fully saturated rings. The van der Waals surface area contributed by atoms with E-state index in [0.29, 0.717) is 35.6 Å². The van der Waals surface area contributed by atoms with Gasteiger partial charge in [0.15, 0.2) is 5.82 Å². The largest absolute Gasteiger partial charge is 0.377 e. The quantitative estimate of drug-likeness (QED) is 0.857. The zero-order chi connectivity index (χ0) is 15.5. The molecule has 1 saturated heterocycles. The maximum Gasteiger partial charge on any atom is 0.227 e. The summed E-state index contributed by atoms with van der Waals surface area (Å²) in [7, 11) is 0. The number of aromatic nitrogens is 2. The first-order valence-corrected chi connectivity index (χ1v) is 7.48. The van der Waals surface area contributed by atoms with Gasteiger partial charge < -0.3 is 14.2 Å². The minimum Gasteiger partial charge on any atom is -0.377 e. The minimum atomic E-state index is -0.342. The Morgan fingerprint density at radius 1 is 1.41 bits per heavy atom. The van der Waals surface area contributed by atoms with E-state index in [1.165, 1.54) is 6.39 Å². The molecule has 0 N–H and O–H groups in total. The molecule has 2 aromatic rings. The van der Waals surface area contributed by atoms with Crippen LogP contribution < -0.4 is 0 Å². The fraction of sp³-hybridized carbons (Fsp3) is 0.357. The summed E-state index contributed by atoms with van der Waals surface area (Å²) in [4.78, 5) is 18.3. The first-order valence-electron chi connectivity index (χ1n) is 6.72. The highest BCUT2D eigenvalue weighted by Crippen LogP contribution is 2.25. The number of carbonyl (C=O) groups excluding carboxylic acids is 1. The normalized spacial score (nSPS) is 18.5. The Morgan fingerprint density at radius 3 is 3.00 bits per heavy atom. The van der Waals surface area contributed by atoms with Crippen molar-refractivity contribution in [3.8, 4) is 0 Å². The Balaban J connectivity index is 1.77. The third kappa shape index (κ3) is 3.24. The molecule has 1 aliphatic rings. The maximum atomic E-state index is 12.6. The summed E-state index contributed by atoms with van der Waals surface area (Å²) in [6.45, 7) is 1.30. The summed E-state index contributed by atoms with van der Waals surface area (Å²) in [5, 5.41) is 4.82. The first kappa shape index (κ1) is 15.3. The van der Waals surface area contributed by atoms with Crippen LogP contribution in [0.25, 0.3) is 0 Å². The van der Waals surface area contributed by atoms with Crippen LogP contribution in [0.15, 0.2) is 29.1 Å². The molecule has 0 spiro atoms. The van der Waals surface area contributed by atoms with Crippen LogP contribution in [0.3, 0.4) is 0 Å². The van der Waals surface area contributed by atoms with E-state index in [-0.39, 0.29) is 18.4 Å². The number of morpholine rings is 1. The number of nitrogens with zero attached hydrogens (tertiary/aromatic N) is 3. The summed E-state index contributed by atoms with van der Waals surface area (Å²) in [6, 6.07) is 4.76. The lowest BCUT2D eigenvalue weighted by atomic mass is 10.1. The van der Waals surface area contributed by atoms with Crippen LogP contribution in [-0.2, 0) is 16.0 Å². The van der Waals surface area contributed by atoms with Gasteiger partial charge in [0.1, 0.15) is 6.04 Å². The smallest absolute Gasteiger partial charge is 0.227 e. The molecule has 0 saturated carbocycles. The monoisotopic (exact) mass is 341 g/mol. The molecule has 0 bridgehead atoms. The molecular formula is C14H13Cl2N3O3. The molecule has 2 heterocycles. The average molecular weight is 342 g/mol. The van der Waals surface area contributed by atoms with Crippen LogP contribution in [0.2, 0.25) is 10.0 Å². The third-order valence-electron chi connectivity index (χ3n) is 3.48. The molecule has 1 unspecified atom stereocenters. The van der Waals surface area contributed by atoms with E-state index in [2.05, 4.69) is 10.1 Å². The predicted octanol–water partition coefficient (Wildman–Crippen LogP) is 2.52. The van der Waals surface area contributed by atoms with Gasteiger partial charge in [-0.2, -0.15) is 4.98 Å². The number of halogens is 2. The topological polar surface area (TPSA) is 68.5 Å². The highest BCUT2D eigenvalue weighted by molar-refractivity contribution is 6.35. The van der Waals surface area contributed by atoms with Gasteiger partial charge in [-0.25, -0.2) is 0 Å². The van der Waals surface area contributed by atoms with E-state index in [9.17, 15) is 4.79 Å². The SMILES string of the molecule is O=C(Cc1ccc(Cl)cc1Cl)N1CCOCC1c1ncon1. The van der Waals surface area contributed by atoms with Crippen molar-refractivity contribution in [2.75, 3.05) is 19.8 Å². The Kier molecular flexibility index (Phi) is 4.61. The summed E-state index contributed by atoms with van der Waals surface area (Å²) in [5.41, 5.74) is 0.731. The number of amides is 1. The predicted molar refractivity (Wildman–Crippen MR) is 79.7 cm³/mol. The van der Waals surface area contributed by atoms with Gasteiger partial charge in [-0.1, -0.05) is 34.4 Å². The second kappa shape index (κ2) is 6.64. The fourth-order valence-corrected chi connectivity index (χ4v) is 2.85. The van der Waals surface area contributed by atoms with Gasteiger partial charge in [0, 0.05) is 16.6 Å². The number of carbonyl (C=O) groups is 1. The molecule has 6 nitrogen and oxygen atoms in total. The molecule has 22 heavy (non-hydrogen) atoms. The molecule has 1 aliphatic heterocycles. The van der Waals surface area contributed by atoms with Gasteiger partial charge in [-0.05, 0) is 17.7 Å². The second-order valence-electron chi connectivity index (χ2n) is 4.88. The van der Waals surface area contributed by atoms with Crippen LogP contribution in [-0.4, -0.2) is 40.7 Å². The van der Waals surface area contributed by atoms with Gasteiger partial charge in [0.05, 0.1) is 19.6 Å². The molecular weight excluding hydrogens is 329 g/mol. The molecule has 1 aromatic carbocycles. The summed E-state index contributed by atoms with van der Waals surface area (Å²) in [5.74, 6) is 0.373. The lowest BCUT2D eigenvalue weighted by Crippen LogP contribution is -2.44. The average Bonchev–Trinajstić information content (AvgIpc) is 3.04. The van der Waals surface area contributed by atoms with Gasteiger partial charge in [0.25, 0.3) is 0 Å². The van der Waals surface area contributed by atoms with Crippen LogP contribution in [0.5, 0.6) is 0 Å². The molecule has 1 amide bonds. The zero-order valence-corrected chi connectivity index (χ0v) is 13.0. The van der Waals surface area contributed by atoms with E-state index in [1.54, 1.807) is 23.1 Å². The van der Waals surface area contributed by atoms with Crippen molar-refractivity contribution in [1.82, 2.24) is 15.0 Å². The minimum absolute atomic E-state index is 0.0673. The lowest BCUT2D eigenvalue weighted by Gasteiger charge is -2.33.